The fourth-order valence-electron chi connectivity index (χ4n) is 2.96. The van der Waals surface area contributed by atoms with Crippen molar-refractivity contribution >= 4 is 34.3 Å². The molecule has 0 fully saturated rings. The Balaban J connectivity index is 1.91. The van der Waals surface area contributed by atoms with Gasteiger partial charge in [0.15, 0.2) is 29.1 Å². The summed E-state index contributed by atoms with van der Waals surface area (Å²) >= 11 is 0. The number of aromatic nitrogens is 5. The Morgan fingerprint density at radius 3 is 2.50 bits per heavy atom. The van der Waals surface area contributed by atoms with Crippen LogP contribution in [0.1, 0.15) is 5.69 Å². The molecule has 0 atom stereocenters. The summed E-state index contributed by atoms with van der Waals surface area (Å²) in [5.74, 6) is -2.97. The number of anilines is 3. The summed E-state index contributed by atoms with van der Waals surface area (Å²) in [6.07, 6.45) is 0.184. The third-order valence-electron chi connectivity index (χ3n) is 4.26. The van der Waals surface area contributed by atoms with Crippen LogP contribution < -0.4 is 16.8 Å². The van der Waals surface area contributed by atoms with Crippen molar-refractivity contribution in [3.05, 3.63) is 53.9 Å². The van der Waals surface area contributed by atoms with Gasteiger partial charge in [-0.25, -0.2) is 23.5 Å². The van der Waals surface area contributed by atoms with E-state index in [1.807, 2.05) is 5.32 Å². The number of nitrogen functional groups attached to an aromatic ring is 2. The topological polar surface area (TPSA) is 158 Å². The quantitative estimate of drug-likeness (QED) is 0.398. The Morgan fingerprint density at radius 1 is 1.13 bits per heavy atom. The SMILES string of the molecule is Nc1nc(-c2nn(Cc3ccccn3)c3ccc(F)c(F)c23)nc(N)c1NC(=O)O. The predicted molar refractivity (Wildman–Crippen MR) is 104 cm³/mol. The number of rotatable bonds is 4. The van der Waals surface area contributed by atoms with Crippen LogP contribution in [0.25, 0.3) is 22.4 Å². The Hall–Kier alpha value is -4.35. The number of hydrogen-bond acceptors (Lipinski definition) is 7. The first-order valence-corrected chi connectivity index (χ1v) is 8.53. The molecule has 12 heteroatoms. The summed E-state index contributed by atoms with van der Waals surface area (Å²) < 4.78 is 30.1. The molecule has 0 radical (unpaired) electrons. The minimum absolute atomic E-state index is 0.0989. The van der Waals surface area contributed by atoms with E-state index >= 15 is 0 Å². The van der Waals surface area contributed by atoms with Gasteiger partial charge in [-0.15, -0.1) is 0 Å². The highest BCUT2D eigenvalue weighted by atomic mass is 19.2. The molecule has 30 heavy (non-hydrogen) atoms. The second-order valence-corrected chi connectivity index (χ2v) is 6.21. The number of hydrogen-bond donors (Lipinski definition) is 4. The van der Waals surface area contributed by atoms with Crippen LogP contribution >= 0.6 is 0 Å². The monoisotopic (exact) mass is 412 g/mol. The third-order valence-corrected chi connectivity index (χ3v) is 4.26. The molecule has 3 heterocycles. The van der Waals surface area contributed by atoms with E-state index < -0.39 is 17.7 Å². The van der Waals surface area contributed by atoms with Crippen LogP contribution in [0.2, 0.25) is 0 Å². The molecule has 3 aromatic heterocycles. The highest BCUT2D eigenvalue weighted by Crippen LogP contribution is 2.33. The molecular formula is C18H14F2N8O2. The summed E-state index contributed by atoms with van der Waals surface area (Å²) in [5.41, 5.74) is 12.2. The van der Waals surface area contributed by atoms with Crippen molar-refractivity contribution in [2.45, 2.75) is 6.54 Å². The first kappa shape index (κ1) is 19.0. The van der Waals surface area contributed by atoms with E-state index in [-0.39, 0.29) is 46.3 Å². The molecular weight excluding hydrogens is 398 g/mol. The first-order valence-electron chi connectivity index (χ1n) is 8.53. The molecule has 0 aliphatic heterocycles. The Labute approximate surface area is 167 Å². The number of benzene rings is 1. The van der Waals surface area contributed by atoms with Crippen molar-refractivity contribution in [1.82, 2.24) is 24.7 Å². The molecule has 0 spiro atoms. The minimum Gasteiger partial charge on any atom is -0.465 e. The van der Waals surface area contributed by atoms with Gasteiger partial charge in [-0.05, 0) is 24.3 Å². The van der Waals surface area contributed by atoms with E-state index in [2.05, 4.69) is 20.1 Å². The predicted octanol–water partition coefficient (Wildman–Crippen LogP) is 2.47. The molecule has 1 aromatic carbocycles. The van der Waals surface area contributed by atoms with Crippen molar-refractivity contribution in [2.75, 3.05) is 16.8 Å². The van der Waals surface area contributed by atoms with E-state index in [0.29, 0.717) is 5.69 Å². The van der Waals surface area contributed by atoms with Crippen LogP contribution in [-0.4, -0.2) is 35.9 Å². The number of carboxylic acid groups (broad SMARTS) is 1. The maximum absolute atomic E-state index is 14.7. The average Bonchev–Trinajstić information content (AvgIpc) is 3.07. The summed E-state index contributed by atoms with van der Waals surface area (Å²) in [4.78, 5) is 23.0. The molecule has 152 valence electrons. The third kappa shape index (κ3) is 3.30. The lowest BCUT2D eigenvalue weighted by Crippen LogP contribution is -2.14. The van der Waals surface area contributed by atoms with Crippen LogP contribution in [0.15, 0.2) is 36.5 Å². The van der Waals surface area contributed by atoms with Crippen molar-refractivity contribution in [2.24, 2.45) is 0 Å². The number of nitrogens with zero attached hydrogens (tertiary/aromatic N) is 5. The van der Waals surface area contributed by atoms with E-state index in [1.165, 1.54) is 10.7 Å². The van der Waals surface area contributed by atoms with Gasteiger partial charge >= 0.3 is 6.09 Å². The van der Waals surface area contributed by atoms with Gasteiger partial charge in [-0.1, -0.05) is 6.07 Å². The van der Waals surface area contributed by atoms with Gasteiger partial charge in [0.2, 0.25) is 0 Å². The lowest BCUT2D eigenvalue weighted by Gasteiger charge is -2.08. The molecule has 0 aliphatic rings. The Kier molecular flexibility index (Phi) is 4.58. The molecule has 4 rings (SSSR count). The minimum atomic E-state index is -1.41. The maximum Gasteiger partial charge on any atom is 0.409 e. The van der Waals surface area contributed by atoms with E-state index in [0.717, 1.165) is 6.07 Å². The average molecular weight is 412 g/mol. The van der Waals surface area contributed by atoms with Gasteiger partial charge in [-0.2, -0.15) is 5.10 Å². The number of nitrogens with one attached hydrogen (secondary N) is 1. The summed E-state index contributed by atoms with van der Waals surface area (Å²) in [6, 6.07) is 7.65. The number of carbonyl (C=O) groups is 1. The van der Waals surface area contributed by atoms with Crippen molar-refractivity contribution in [1.29, 1.82) is 0 Å². The lowest BCUT2D eigenvalue weighted by atomic mass is 10.1. The molecule has 6 N–H and O–H groups in total. The second kappa shape index (κ2) is 7.24. The fraction of sp³-hybridized carbons (Fsp3) is 0.0556. The largest absolute Gasteiger partial charge is 0.465 e. The van der Waals surface area contributed by atoms with Gasteiger partial charge in [-0.3, -0.25) is 15.0 Å². The van der Waals surface area contributed by atoms with Crippen LogP contribution in [0.5, 0.6) is 0 Å². The van der Waals surface area contributed by atoms with E-state index in [1.54, 1.807) is 24.4 Å². The lowest BCUT2D eigenvalue weighted by molar-refractivity contribution is 0.209. The van der Waals surface area contributed by atoms with E-state index in [4.69, 9.17) is 16.6 Å². The van der Waals surface area contributed by atoms with Crippen molar-refractivity contribution in [3.63, 3.8) is 0 Å². The standard InChI is InChI=1S/C18H14F2N8O2/c19-9-4-5-10-11(12(9)20)13(27-28(10)7-8-3-1-2-6-23-8)17-25-15(21)14(16(22)26-17)24-18(29)30/h1-6,24H,7H2,(H,29,30)(H4,21,22,25,26). The molecule has 0 unspecified atom stereocenters. The van der Waals surface area contributed by atoms with Crippen LogP contribution in [-0.2, 0) is 6.54 Å². The summed E-state index contributed by atoms with van der Waals surface area (Å²) in [6.45, 7) is 0.173. The molecule has 0 aliphatic carbocycles. The Bertz CT molecular complexity index is 1250. The maximum atomic E-state index is 14.7. The summed E-state index contributed by atoms with van der Waals surface area (Å²) in [7, 11) is 0. The molecule has 0 saturated heterocycles. The number of fused-ring (bicyclic) bond motifs is 1. The zero-order valence-electron chi connectivity index (χ0n) is 15.2. The van der Waals surface area contributed by atoms with Crippen molar-refractivity contribution < 1.29 is 18.7 Å². The zero-order chi connectivity index (χ0) is 21.4. The molecule has 4 aromatic rings. The number of amides is 1. The Morgan fingerprint density at radius 2 is 1.87 bits per heavy atom. The zero-order valence-corrected chi connectivity index (χ0v) is 15.2. The summed E-state index contributed by atoms with van der Waals surface area (Å²) in [5, 5.41) is 15.0. The van der Waals surface area contributed by atoms with E-state index in [9.17, 15) is 13.6 Å². The number of halogens is 2. The van der Waals surface area contributed by atoms with Crippen LogP contribution in [0.4, 0.5) is 30.9 Å². The molecule has 0 saturated carbocycles. The van der Waals surface area contributed by atoms with Crippen LogP contribution in [0, 0.1) is 11.6 Å². The van der Waals surface area contributed by atoms with Gasteiger partial charge in [0.25, 0.3) is 0 Å². The normalized spacial score (nSPS) is 11.0. The smallest absolute Gasteiger partial charge is 0.409 e. The van der Waals surface area contributed by atoms with Gasteiger partial charge in [0, 0.05) is 6.20 Å². The first-order chi connectivity index (χ1) is 14.3. The fourth-order valence-corrected chi connectivity index (χ4v) is 2.96. The van der Waals surface area contributed by atoms with Crippen LogP contribution in [0.3, 0.4) is 0 Å². The number of pyridine rings is 1. The highest BCUT2D eigenvalue weighted by Gasteiger charge is 2.23. The van der Waals surface area contributed by atoms with Gasteiger partial charge in [0.1, 0.15) is 11.4 Å². The molecule has 1 amide bonds. The van der Waals surface area contributed by atoms with Gasteiger partial charge in [0.05, 0.1) is 23.1 Å². The number of nitrogens with two attached hydrogens (primary N) is 2. The van der Waals surface area contributed by atoms with Crippen molar-refractivity contribution in [3.8, 4) is 11.5 Å². The molecule has 10 nitrogen and oxygen atoms in total. The highest BCUT2D eigenvalue weighted by molar-refractivity contribution is 5.95. The molecule has 0 bridgehead atoms. The van der Waals surface area contributed by atoms with Gasteiger partial charge < -0.3 is 16.6 Å². The second-order valence-electron chi connectivity index (χ2n) is 6.21.